The molecule has 156 valence electrons. The molecule has 1 fully saturated rings. The van der Waals surface area contributed by atoms with Crippen LogP contribution in [0.5, 0.6) is 0 Å². The van der Waals surface area contributed by atoms with Gasteiger partial charge in [-0.3, -0.25) is 4.79 Å². The van der Waals surface area contributed by atoms with Gasteiger partial charge in [-0.1, -0.05) is 36.4 Å². The third-order valence-corrected chi connectivity index (χ3v) is 5.94. The van der Waals surface area contributed by atoms with E-state index in [0.29, 0.717) is 30.3 Å². The molecule has 0 spiro atoms. The summed E-state index contributed by atoms with van der Waals surface area (Å²) in [5.41, 5.74) is 1.97. The Bertz CT molecular complexity index is 1060. The first kappa shape index (κ1) is 20.6. The Kier molecular flexibility index (Phi) is 5.62. The van der Waals surface area contributed by atoms with Crippen LogP contribution in [0.2, 0.25) is 0 Å². The highest BCUT2D eigenvalue weighted by Gasteiger charge is 2.31. The molecule has 0 unspecified atom stereocenters. The normalized spacial score (nSPS) is 17.2. The average molecular weight is 432 g/mol. The third-order valence-electron chi connectivity index (χ3n) is 5.05. The molecule has 2 heterocycles. The molecule has 4 nitrogen and oxygen atoms in total. The number of amides is 1. The summed E-state index contributed by atoms with van der Waals surface area (Å²) < 4.78 is 44.8. The van der Waals surface area contributed by atoms with Gasteiger partial charge >= 0.3 is 6.18 Å². The molecule has 1 amide bonds. The lowest BCUT2D eigenvalue weighted by molar-refractivity contribution is -0.137. The number of aryl methyl sites for hydroxylation is 1. The first-order valence-electron chi connectivity index (χ1n) is 9.42. The van der Waals surface area contributed by atoms with E-state index in [4.69, 9.17) is 4.74 Å². The lowest BCUT2D eigenvalue weighted by Crippen LogP contribution is -2.42. The molecular weight excluding hydrogens is 413 g/mol. The van der Waals surface area contributed by atoms with Crippen molar-refractivity contribution in [2.24, 2.45) is 0 Å². The van der Waals surface area contributed by atoms with Gasteiger partial charge in [-0.25, -0.2) is 4.98 Å². The number of hydrogen-bond donors (Lipinski definition) is 0. The highest BCUT2D eigenvalue weighted by atomic mass is 32.1. The molecule has 0 aliphatic carbocycles. The van der Waals surface area contributed by atoms with Crippen LogP contribution in [0.1, 0.15) is 33.3 Å². The highest BCUT2D eigenvalue weighted by molar-refractivity contribution is 7.13. The number of benzene rings is 2. The van der Waals surface area contributed by atoms with Gasteiger partial charge in [0.2, 0.25) is 0 Å². The van der Waals surface area contributed by atoms with Crippen LogP contribution in [-0.2, 0) is 10.9 Å². The summed E-state index contributed by atoms with van der Waals surface area (Å²) in [7, 11) is 0. The molecule has 30 heavy (non-hydrogen) atoms. The number of halogens is 3. The molecule has 1 atom stereocenters. The smallest absolute Gasteiger partial charge is 0.370 e. The summed E-state index contributed by atoms with van der Waals surface area (Å²) in [5.74, 6) is -0.244. The van der Waals surface area contributed by atoms with Crippen LogP contribution in [0, 0.1) is 6.92 Å². The Hall–Kier alpha value is -2.71. The van der Waals surface area contributed by atoms with Gasteiger partial charge in [-0.15, -0.1) is 11.3 Å². The predicted octanol–water partition coefficient (Wildman–Crippen LogP) is 5.35. The molecular formula is C22H19F3N2O2S. The van der Waals surface area contributed by atoms with E-state index in [9.17, 15) is 18.0 Å². The summed E-state index contributed by atoms with van der Waals surface area (Å²) in [5, 5.41) is 1.98. The monoisotopic (exact) mass is 432 g/mol. The Balaban J connectivity index is 1.52. The van der Waals surface area contributed by atoms with E-state index >= 15 is 0 Å². The van der Waals surface area contributed by atoms with E-state index in [-0.39, 0.29) is 17.7 Å². The number of hydrogen-bond acceptors (Lipinski definition) is 4. The molecule has 2 aromatic carbocycles. The second kappa shape index (κ2) is 8.20. The molecule has 8 heteroatoms. The molecule has 3 aromatic rings. The molecule has 1 aliphatic heterocycles. The molecule has 0 saturated carbocycles. The van der Waals surface area contributed by atoms with E-state index in [1.165, 1.54) is 6.07 Å². The zero-order valence-corrected chi connectivity index (χ0v) is 17.0. The first-order chi connectivity index (χ1) is 14.3. The van der Waals surface area contributed by atoms with Gasteiger partial charge in [0.15, 0.2) is 0 Å². The number of carbonyl (C=O) groups is 1. The lowest BCUT2D eigenvalue weighted by atomic mass is 10.0. The Morgan fingerprint density at radius 3 is 2.77 bits per heavy atom. The van der Waals surface area contributed by atoms with Gasteiger partial charge in [0.1, 0.15) is 16.8 Å². The van der Waals surface area contributed by atoms with Crippen LogP contribution < -0.4 is 0 Å². The molecule has 1 aromatic heterocycles. The van der Waals surface area contributed by atoms with Crippen molar-refractivity contribution in [1.82, 2.24) is 9.88 Å². The van der Waals surface area contributed by atoms with Crippen molar-refractivity contribution in [1.29, 1.82) is 0 Å². The number of aromatic nitrogens is 1. The number of morpholine rings is 1. The molecule has 0 radical (unpaired) electrons. The summed E-state index contributed by atoms with van der Waals surface area (Å²) in [6.07, 6.45) is -4.64. The van der Waals surface area contributed by atoms with Crippen molar-refractivity contribution in [2.45, 2.75) is 19.2 Å². The van der Waals surface area contributed by atoms with E-state index in [1.807, 2.05) is 31.2 Å². The minimum absolute atomic E-state index is 0.217. The van der Waals surface area contributed by atoms with Crippen LogP contribution in [0.15, 0.2) is 53.9 Å². The van der Waals surface area contributed by atoms with Gasteiger partial charge in [0, 0.05) is 17.5 Å². The minimum Gasteiger partial charge on any atom is -0.370 e. The van der Waals surface area contributed by atoms with Crippen molar-refractivity contribution in [2.75, 3.05) is 19.7 Å². The molecule has 1 aliphatic rings. The zero-order chi connectivity index (χ0) is 21.3. The van der Waals surface area contributed by atoms with E-state index < -0.39 is 11.7 Å². The number of ether oxygens (including phenoxy) is 1. The van der Waals surface area contributed by atoms with Gasteiger partial charge in [-0.05, 0) is 30.2 Å². The van der Waals surface area contributed by atoms with Crippen molar-refractivity contribution < 1.29 is 22.7 Å². The maximum atomic E-state index is 13.0. The van der Waals surface area contributed by atoms with Gasteiger partial charge in [0.05, 0.1) is 18.7 Å². The maximum absolute atomic E-state index is 13.0. The zero-order valence-electron chi connectivity index (χ0n) is 16.1. The quantitative estimate of drug-likeness (QED) is 0.560. The number of carbonyl (C=O) groups excluding carboxylic acids is 1. The first-order valence-corrected chi connectivity index (χ1v) is 10.3. The second-order valence-electron chi connectivity index (χ2n) is 7.08. The van der Waals surface area contributed by atoms with E-state index in [1.54, 1.807) is 16.3 Å². The van der Waals surface area contributed by atoms with Crippen LogP contribution >= 0.6 is 11.3 Å². The standard InChI is InChI=1S/C22H19F3N2O2S/c1-14-5-2-3-8-17(14)19-12-27(9-10-29-19)21(28)18-13-30-20(26-18)15-6-4-7-16(11-15)22(23,24)25/h2-8,11,13,19H,9-10,12H2,1H3/t19-/m0/s1. The fourth-order valence-corrected chi connectivity index (χ4v) is 4.26. The van der Waals surface area contributed by atoms with Crippen molar-refractivity contribution in [3.05, 3.63) is 76.3 Å². The van der Waals surface area contributed by atoms with E-state index in [0.717, 1.165) is 34.6 Å². The average Bonchev–Trinajstić information content (AvgIpc) is 3.23. The van der Waals surface area contributed by atoms with Gasteiger partial charge in [0.25, 0.3) is 5.91 Å². The predicted molar refractivity (Wildman–Crippen MR) is 108 cm³/mol. The van der Waals surface area contributed by atoms with E-state index in [2.05, 4.69) is 4.98 Å². The van der Waals surface area contributed by atoms with Crippen molar-refractivity contribution >= 4 is 17.2 Å². The van der Waals surface area contributed by atoms with Crippen molar-refractivity contribution in [3.63, 3.8) is 0 Å². The summed E-state index contributed by atoms with van der Waals surface area (Å²) in [6.45, 7) is 3.26. The van der Waals surface area contributed by atoms with Crippen LogP contribution in [-0.4, -0.2) is 35.5 Å². The maximum Gasteiger partial charge on any atom is 0.416 e. The number of thiazole rings is 1. The van der Waals surface area contributed by atoms with Crippen LogP contribution in [0.25, 0.3) is 10.6 Å². The summed E-state index contributed by atoms with van der Waals surface area (Å²) in [6, 6.07) is 12.9. The third kappa shape index (κ3) is 4.24. The fraction of sp³-hybridized carbons (Fsp3) is 0.273. The van der Waals surface area contributed by atoms with Crippen LogP contribution in [0.4, 0.5) is 13.2 Å². The minimum atomic E-state index is -4.43. The lowest BCUT2D eigenvalue weighted by Gasteiger charge is -2.33. The Labute approximate surface area is 175 Å². The Morgan fingerprint density at radius 1 is 1.20 bits per heavy atom. The van der Waals surface area contributed by atoms with Gasteiger partial charge < -0.3 is 9.64 Å². The van der Waals surface area contributed by atoms with Gasteiger partial charge in [-0.2, -0.15) is 13.2 Å². The van der Waals surface area contributed by atoms with Crippen LogP contribution in [0.3, 0.4) is 0 Å². The SMILES string of the molecule is Cc1ccccc1[C@@H]1CN(C(=O)c2csc(-c3cccc(C(F)(F)F)c3)n2)CCO1. The molecule has 0 bridgehead atoms. The highest BCUT2D eigenvalue weighted by Crippen LogP contribution is 2.33. The fourth-order valence-electron chi connectivity index (χ4n) is 3.47. The van der Waals surface area contributed by atoms with Crippen molar-refractivity contribution in [3.8, 4) is 10.6 Å². The summed E-state index contributed by atoms with van der Waals surface area (Å²) in [4.78, 5) is 19.0. The molecule has 4 rings (SSSR count). The largest absolute Gasteiger partial charge is 0.416 e. The number of rotatable bonds is 3. The molecule has 0 N–H and O–H groups in total. The summed E-state index contributed by atoms with van der Waals surface area (Å²) >= 11 is 1.16. The number of nitrogens with zero attached hydrogens (tertiary/aromatic N) is 2. The topological polar surface area (TPSA) is 42.4 Å². The number of alkyl halides is 3. The molecule has 1 saturated heterocycles. The second-order valence-corrected chi connectivity index (χ2v) is 7.94. The Morgan fingerprint density at radius 2 is 2.00 bits per heavy atom.